The molecule has 0 aromatic carbocycles. The molecule has 4 N–H and O–H groups in total. The summed E-state index contributed by atoms with van der Waals surface area (Å²) in [4.78, 5) is 79.0. The first-order chi connectivity index (χ1) is 30.3. The van der Waals surface area contributed by atoms with Gasteiger partial charge in [0, 0.05) is 24.3 Å². The first-order valence-corrected chi connectivity index (χ1v) is 22.7. The van der Waals surface area contributed by atoms with Gasteiger partial charge in [-0.2, -0.15) is 0 Å². The maximum atomic E-state index is 14.2. The van der Waals surface area contributed by atoms with Gasteiger partial charge in [0.25, 0.3) is 0 Å². The highest BCUT2D eigenvalue weighted by Crippen LogP contribution is 2.30. The summed E-state index contributed by atoms with van der Waals surface area (Å²) in [6.07, 6.45) is -3.80. The van der Waals surface area contributed by atoms with E-state index in [4.69, 9.17) is 77.4 Å². The van der Waals surface area contributed by atoms with E-state index in [1.54, 1.807) is 120 Å². The van der Waals surface area contributed by atoms with E-state index in [9.17, 15) is 33.9 Å². The molecule has 0 unspecified atom stereocenters. The Bertz CT molecular complexity index is 1790. The standard InChI is InChI=1S/C44H66Cl3N3O16/c1-23-14-17-28(60-32(23)35(52)58-22-44(45,46)47)30(20-49-39(56)65-42(7,8)9)63-37(54)34-25(3)15-18-29(61-34)31(21-50-40(57)66-43(10,11)12)62-36(53)33-24(2)13-16-27(59-33)26(51)19-48-38(55)64-41(4,5)6/h13-18,23-34,51H,19-22H2,1-12H3,(H,48,55)(H,49,56)(H,50,57)/t23-,24-,25-,26+,27-,28-,29-,30+,31+,32+,33+,34+/m0/s1. The lowest BCUT2D eigenvalue weighted by Crippen LogP contribution is -2.52. The van der Waals surface area contributed by atoms with Crippen molar-refractivity contribution < 1.29 is 76.5 Å². The lowest BCUT2D eigenvalue weighted by Gasteiger charge is -2.37. The molecular weight excluding hydrogens is 933 g/mol. The van der Waals surface area contributed by atoms with E-state index in [1.165, 1.54) is 0 Å². The molecule has 3 heterocycles. The summed E-state index contributed by atoms with van der Waals surface area (Å²) >= 11 is 17.3. The van der Waals surface area contributed by atoms with Crippen molar-refractivity contribution in [3.05, 3.63) is 36.5 Å². The number of carbonyl (C=O) groups is 6. The predicted octanol–water partition coefficient (Wildman–Crippen LogP) is 5.54. The van der Waals surface area contributed by atoms with Gasteiger partial charge in [-0.05, 0) is 62.3 Å². The van der Waals surface area contributed by atoms with Gasteiger partial charge in [0.05, 0.1) is 13.1 Å². The molecular formula is C44H66Cl3N3O16. The molecule has 12 atom stereocenters. The lowest BCUT2D eigenvalue weighted by molar-refractivity contribution is -0.190. The van der Waals surface area contributed by atoms with Crippen LogP contribution in [0.2, 0.25) is 0 Å². The Kier molecular flexibility index (Phi) is 20.5. The van der Waals surface area contributed by atoms with Crippen LogP contribution in [-0.4, -0.2) is 143 Å². The molecule has 3 rings (SSSR count). The number of alkyl carbamates (subject to hydrolysis) is 3. The molecule has 0 spiro atoms. The molecule has 0 fully saturated rings. The minimum absolute atomic E-state index is 0.259. The number of hydrogen-bond donors (Lipinski definition) is 4. The number of hydrogen-bond acceptors (Lipinski definition) is 16. The van der Waals surface area contributed by atoms with Gasteiger partial charge in [0.1, 0.15) is 60.0 Å². The molecule has 0 aromatic rings. The average molecular weight is 999 g/mol. The van der Waals surface area contributed by atoms with E-state index in [1.807, 2.05) is 0 Å². The number of halogens is 3. The molecule has 22 heteroatoms. The summed E-state index contributed by atoms with van der Waals surface area (Å²) in [5, 5.41) is 18.5. The van der Waals surface area contributed by atoms with Crippen molar-refractivity contribution in [3.8, 4) is 0 Å². The van der Waals surface area contributed by atoms with Gasteiger partial charge in [0.15, 0.2) is 18.3 Å². The average Bonchev–Trinajstić information content (AvgIpc) is 3.17. The van der Waals surface area contributed by atoms with Crippen molar-refractivity contribution in [2.45, 2.75) is 159 Å². The highest BCUT2D eigenvalue weighted by molar-refractivity contribution is 6.67. The molecule has 0 saturated carbocycles. The topological polar surface area (TPSA) is 242 Å². The van der Waals surface area contributed by atoms with Gasteiger partial charge in [-0.3, -0.25) is 0 Å². The maximum absolute atomic E-state index is 14.2. The number of esters is 3. The molecule has 3 aliphatic rings. The third-order valence-electron chi connectivity index (χ3n) is 9.43. The van der Waals surface area contributed by atoms with E-state index in [0.717, 1.165) is 0 Å². The van der Waals surface area contributed by atoms with Gasteiger partial charge in [-0.1, -0.05) is 92.0 Å². The molecule has 0 radical (unpaired) electrons. The minimum atomic E-state index is -1.89. The van der Waals surface area contributed by atoms with Crippen LogP contribution >= 0.6 is 34.8 Å². The van der Waals surface area contributed by atoms with Crippen LogP contribution in [0.4, 0.5) is 14.4 Å². The van der Waals surface area contributed by atoms with Gasteiger partial charge in [-0.25, -0.2) is 28.8 Å². The maximum Gasteiger partial charge on any atom is 0.407 e. The summed E-state index contributed by atoms with van der Waals surface area (Å²) in [7, 11) is 0. The third-order valence-corrected chi connectivity index (χ3v) is 9.75. The van der Waals surface area contributed by atoms with Crippen molar-refractivity contribution in [2.75, 3.05) is 26.2 Å². The van der Waals surface area contributed by atoms with Crippen LogP contribution in [0.5, 0.6) is 0 Å². The normalized spacial score (nSPS) is 27.0. The molecule has 374 valence electrons. The Balaban J connectivity index is 1.85. The molecule has 0 aromatic heterocycles. The fraction of sp³-hybridized carbons (Fsp3) is 0.727. The number of ether oxygens (including phenoxy) is 9. The number of rotatable bonds is 15. The Morgan fingerprint density at radius 1 is 0.530 bits per heavy atom. The molecule has 3 amide bonds. The van der Waals surface area contributed by atoms with E-state index in [2.05, 4.69) is 16.0 Å². The highest BCUT2D eigenvalue weighted by atomic mass is 35.6. The second kappa shape index (κ2) is 23.9. The van der Waals surface area contributed by atoms with Crippen LogP contribution < -0.4 is 16.0 Å². The molecule has 19 nitrogen and oxygen atoms in total. The first kappa shape index (κ1) is 56.5. The fourth-order valence-electron chi connectivity index (χ4n) is 6.36. The summed E-state index contributed by atoms with van der Waals surface area (Å²) in [5.41, 5.74) is -2.51. The lowest BCUT2D eigenvalue weighted by atomic mass is 9.97. The SMILES string of the molecule is C[C@H]1C=C[C@@H]([C@H](O)CNC(=O)OC(C)(C)C)O[C@H]1C(=O)O[C@H](CNC(=O)OC(C)(C)C)[C@@H]1C=C[C@H](C)[C@H](C(=O)O[C@H](CNC(=O)OC(C)(C)C)[C@@H]2C=C[C@H](C)[C@H](C(=O)OCC(Cl)(Cl)Cl)O2)O1. The molecule has 0 aliphatic carbocycles. The number of amides is 3. The summed E-state index contributed by atoms with van der Waals surface area (Å²) in [6, 6.07) is 0. The first-order valence-electron chi connectivity index (χ1n) is 21.5. The Hall–Kier alpha value is -3.85. The van der Waals surface area contributed by atoms with Crippen molar-refractivity contribution in [3.63, 3.8) is 0 Å². The predicted molar refractivity (Wildman–Crippen MR) is 241 cm³/mol. The summed E-state index contributed by atoms with van der Waals surface area (Å²) in [6.45, 7) is 18.6. The second-order valence-corrected chi connectivity index (χ2v) is 21.7. The second-order valence-electron chi connectivity index (χ2n) is 19.2. The summed E-state index contributed by atoms with van der Waals surface area (Å²) < 4.78 is 49.6. The zero-order chi connectivity index (χ0) is 49.9. The Labute approximate surface area is 401 Å². The fourth-order valence-corrected chi connectivity index (χ4v) is 6.52. The Morgan fingerprint density at radius 3 is 1.20 bits per heavy atom. The van der Waals surface area contributed by atoms with Crippen molar-refractivity contribution in [1.82, 2.24) is 16.0 Å². The van der Waals surface area contributed by atoms with Crippen LogP contribution in [0.15, 0.2) is 36.5 Å². The number of aliphatic hydroxyl groups is 1. The van der Waals surface area contributed by atoms with Crippen LogP contribution in [-0.2, 0) is 57.0 Å². The Morgan fingerprint density at radius 2 is 0.848 bits per heavy atom. The number of aliphatic hydroxyl groups excluding tert-OH is 1. The van der Waals surface area contributed by atoms with Crippen LogP contribution in [0.25, 0.3) is 0 Å². The molecule has 3 aliphatic heterocycles. The van der Waals surface area contributed by atoms with Gasteiger partial charge in [-0.15, -0.1) is 0 Å². The highest BCUT2D eigenvalue weighted by Gasteiger charge is 2.43. The largest absolute Gasteiger partial charge is 0.459 e. The van der Waals surface area contributed by atoms with Crippen LogP contribution in [0.1, 0.15) is 83.1 Å². The molecule has 66 heavy (non-hydrogen) atoms. The van der Waals surface area contributed by atoms with E-state index in [-0.39, 0.29) is 19.6 Å². The van der Waals surface area contributed by atoms with Crippen molar-refractivity contribution >= 4 is 71.0 Å². The smallest absolute Gasteiger partial charge is 0.407 e. The minimum Gasteiger partial charge on any atom is -0.459 e. The zero-order valence-electron chi connectivity index (χ0n) is 39.4. The van der Waals surface area contributed by atoms with Gasteiger partial charge >= 0.3 is 36.2 Å². The number of nitrogens with one attached hydrogen (secondary N) is 3. The number of carbonyl (C=O) groups excluding carboxylic acids is 6. The monoisotopic (exact) mass is 997 g/mol. The van der Waals surface area contributed by atoms with Crippen molar-refractivity contribution in [1.29, 1.82) is 0 Å². The van der Waals surface area contributed by atoms with E-state index < -0.39 is 136 Å². The van der Waals surface area contributed by atoms with E-state index >= 15 is 0 Å². The van der Waals surface area contributed by atoms with Crippen molar-refractivity contribution in [2.24, 2.45) is 17.8 Å². The zero-order valence-corrected chi connectivity index (χ0v) is 41.7. The molecule has 0 bridgehead atoms. The van der Waals surface area contributed by atoms with Gasteiger partial charge in [0.2, 0.25) is 3.79 Å². The third kappa shape index (κ3) is 19.8. The van der Waals surface area contributed by atoms with Crippen LogP contribution in [0.3, 0.4) is 0 Å². The summed E-state index contributed by atoms with van der Waals surface area (Å²) in [5.74, 6) is -4.35. The van der Waals surface area contributed by atoms with Crippen LogP contribution in [0, 0.1) is 17.8 Å². The van der Waals surface area contributed by atoms with Gasteiger partial charge < -0.3 is 63.7 Å². The van der Waals surface area contributed by atoms with E-state index in [0.29, 0.717) is 0 Å². The number of alkyl halides is 3. The quantitative estimate of drug-likeness (QED) is 0.0682. The molecule has 0 saturated heterocycles.